The number of aliphatic hydroxyl groups is 4. The molecule has 4 aromatic rings. The number of hydrogen-bond acceptors (Lipinski definition) is 10. The maximum absolute atomic E-state index is 13.2. The first-order valence-electron chi connectivity index (χ1n) is 25.6. The van der Waals surface area contributed by atoms with Gasteiger partial charge in [-0.25, -0.2) is 0 Å². The molecule has 10 unspecified atom stereocenters. The number of carbonyl (C=O) groups is 4. The van der Waals surface area contributed by atoms with Crippen LogP contribution in [-0.2, 0) is 22.7 Å². The average molecular weight is 955 g/mol. The van der Waals surface area contributed by atoms with Gasteiger partial charge in [-0.05, 0) is 158 Å². The lowest BCUT2D eigenvalue weighted by atomic mass is 9.61. The minimum atomic E-state index is -0.841. The largest absolute Gasteiger partial charge is 0.390 e. The van der Waals surface area contributed by atoms with Crippen molar-refractivity contribution in [3.05, 3.63) is 130 Å². The second-order valence-corrected chi connectivity index (χ2v) is 20.8. The molecule has 0 aromatic heterocycles. The van der Waals surface area contributed by atoms with Crippen molar-refractivity contribution in [1.29, 1.82) is 0 Å². The number of amides is 4. The van der Waals surface area contributed by atoms with E-state index in [1.54, 1.807) is 48.5 Å². The molecule has 6 saturated carbocycles. The molecule has 0 spiro atoms. The Balaban J connectivity index is 0.000000174. The lowest BCUT2D eigenvalue weighted by Crippen LogP contribution is -2.54. The molecule has 8 aliphatic rings. The predicted octanol–water partition coefficient (Wildman–Crippen LogP) is 5.74. The number of nitrogens with one attached hydrogen (secondary N) is 2. The van der Waals surface area contributed by atoms with E-state index in [2.05, 4.69) is 47.0 Å². The maximum Gasteiger partial charge on any atom is 0.253 e. The van der Waals surface area contributed by atoms with Crippen LogP contribution in [0.15, 0.2) is 97.1 Å². The Bertz CT molecular complexity index is 2330. The van der Waals surface area contributed by atoms with Gasteiger partial charge < -0.3 is 52.3 Å². The molecule has 2 aliphatic heterocycles. The number of carbonyl (C=O) groups excluding carboxylic acids is 4. The molecule has 12 rings (SSSR count). The Labute approximate surface area is 410 Å². The van der Waals surface area contributed by atoms with E-state index in [-0.39, 0.29) is 59.1 Å². The van der Waals surface area contributed by atoms with Gasteiger partial charge in [-0.3, -0.25) is 19.2 Å². The van der Waals surface area contributed by atoms with Crippen LogP contribution in [0.2, 0.25) is 0 Å². The van der Waals surface area contributed by atoms with Gasteiger partial charge in [0.1, 0.15) is 0 Å². The summed E-state index contributed by atoms with van der Waals surface area (Å²) in [4.78, 5) is 56.2. The molecule has 6 aliphatic carbocycles. The quantitative estimate of drug-likeness (QED) is 0.0961. The molecular weight excluding hydrogens is 885 g/mol. The Hall–Kier alpha value is -5.48. The number of nitrogens with two attached hydrogens (primary N) is 2. The van der Waals surface area contributed by atoms with E-state index in [0.717, 1.165) is 62.5 Å². The molecule has 14 nitrogen and oxygen atoms in total. The number of anilines is 2. The van der Waals surface area contributed by atoms with Crippen LogP contribution in [0.3, 0.4) is 0 Å². The molecule has 4 amide bonds. The number of rotatable bonds is 10. The molecule has 2 heterocycles. The van der Waals surface area contributed by atoms with Crippen LogP contribution in [0.5, 0.6) is 0 Å². The molecule has 372 valence electrons. The lowest BCUT2D eigenvalue weighted by Gasteiger charge is -2.47. The Kier molecular flexibility index (Phi) is 15.5. The first-order valence-corrected chi connectivity index (χ1v) is 25.6. The average Bonchev–Trinajstić information content (AvgIpc) is 3.41. The van der Waals surface area contributed by atoms with E-state index in [9.17, 15) is 39.6 Å². The Morgan fingerprint density at radius 3 is 1.24 bits per heavy atom. The number of piperidine rings is 2. The zero-order chi connectivity index (χ0) is 49.1. The van der Waals surface area contributed by atoms with Crippen molar-refractivity contribution in [1.82, 2.24) is 9.80 Å². The molecule has 4 aromatic carbocycles. The lowest BCUT2D eigenvalue weighted by molar-refractivity contribution is -0.150. The number of benzene rings is 4. The first kappa shape index (κ1) is 49.5. The second kappa shape index (κ2) is 21.9. The third-order valence-electron chi connectivity index (χ3n) is 16.7. The monoisotopic (exact) mass is 955 g/mol. The Morgan fingerprint density at radius 2 is 0.871 bits per heavy atom. The summed E-state index contributed by atoms with van der Waals surface area (Å²) in [6.45, 7) is 3.83. The SMILES string of the molecule is NCc1cccc(C2CCN(C(=O)c3cccc(NC(=O)C4CC5CCC4C(O)C5O)c3)CC2)c1.NCc1cccc(C2CCN(C(=O)c3cccc(NC(=O)C4CC5CCC4C(O)C5O)c3)CC2)c1. The summed E-state index contributed by atoms with van der Waals surface area (Å²) in [5.74, 6) is -0.599. The molecule has 2 saturated heterocycles. The molecule has 14 heteroatoms. The van der Waals surface area contributed by atoms with Crippen molar-refractivity contribution >= 4 is 35.0 Å². The van der Waals surface area contributed by atoms with Gasteiger partial charge in [-0.1, -0.05) is 60.7 Å². The van der Waals surface area contributed by atoms with Gasteiger partial charge in [0.25, 0.3) is 11.8 Å². The van der Waals surface area contributed by atoms with Gasteiger partial charge >= 0.3 is 0 Å². The van der Waals surface area contributed by atoms with Crippen LogP contribution in [0.4, 0.5) is 11.4 Å². The highest BCUT2D eigenvalue weighted by Crippen LogP contribution is 2.47. The normalized spacial score (nSPS) is 28.7. The number of fused-ring (bicyclic) bond motifs is 6. The van der Waals surface area contributed by atoms with Crippen molar-refractivity contribution < 1.29 is 39.6 Å². The van der Waals surface area contributed by atoms with Gasteiger partial charge in [0, 0.05) is 73.6 Å². The highest BCUT2D eigenvalue weighted by Gasteiger charge is 2.51. The molecule has 70 heavy (non-hydrogen) atoms. The number of likely N-dealkylation sites (tertiary alicyclic amines) is 2. The van der Waals surface area contributed by atoms with Gasteiger partial charge in [0.2, 0.25) is 11.8 Å². The summed E-state index contributed by atoms with van der Waals surface area (Å²) in [7, 11) is 0. The van der Waals surface area contributed by atoms with E-state index >= 15 is 0 Å². The summed E-state index contributed by atoms with van der Waals surface area (Å²) in [6, 6.07) is 31.0. The van der Waals surface area contributed by atoms with Crippen molar-refractivity contribution in [3.8, 4) is 0 Å². The zero-order valence-corrected chi connectivity index (χ0v) is 40.0. The minimum absolute atomic E-state index is 0.0227. The van der Waals surface area contributed by atoms with Crippen LogP contribution in [0.25, 0.3) is 0 Å². The minimum Gasteiger partial charge on any atom is -0.390 e. The predicted molar refractivity (Wildman–Crippen MR) is 267 cm³/mol. The van der Waals surface area contributed by atoms with Crippen LogP contribution >= 0.6 is 0 Å². The Morgan fingerprint density at radius 1 is 0.486 bits per heavy atom. The van der Waals surface area contributed by atoms with E-state index in [4.69, 9.17) is 11.5 Å². The summed E-state index contributed by atoms with van der Waals surface area (Å²) < 4.78 is 0. The van der Waals surface area contributed by atoms with Crippen molar-refractivity contribution in [2.45, 2.75) is 114 Å². The van der Waals surface area contributed by atoms with E-state index in [0.29, 0.717) is 86.4 Å². The number of nitrogens with zero attached hydrogens (tertiary/aromatic N) is 2. The summed E-state index contributed by atoms with van der Waals surface area (Å²) >= 11 is 0. The van der Waals surface area contributed by atoms with Gasteiger partial charge in [0.15, 0.2) is 0 Å². The fourth-order valence-electron chi connectivity index (χ4n) is 12.6. The highest BCUT2D eigenvalue weighted by molar-refractivity contribution is 5.99. The summed E-state index contributed by atoms with van der Waals surface area (Å²) in [5, 5.41) is 46.9. The highest BCUT2D eigenvalue weighted by atomic mass is 16.3. The number of hydrogen-bond donors (Lipinski definition) is 8. The second-order valence-electron chi connectivity index (χ2n) is 20.8. The van der Waals surface area contributed by atoms with Crippen molar-refractivity contribution in [2.24, 2.45) is 47.0 Å². The van der Waals surface area contributed by atoms with Crippen LogP contribution < -0.4 is 22.1 Å². The first-order chi connectivity index (χ1) is 33.9. The standard InChI is InChI=1S/2C28H35N3O4/c2*29-16-17-3-1-4-19(13-17)18-9-11-31(12-10-18)28(35)21-5-2-6-22(14-21)30-27(34)24-15-20-7-8-23(24)26(33)25(20)32/h2*1-6,13-14,18,20,23-26,32-33H,7-12,15-16,29H2,(H,30,34). The topological polar surface area (TPSA) is 232 Å². The summed E-state index contributed by atoms with van der Waals surface area (Å²) in [6.07, 6.45) is 4.91. The molecular formula is C56H70N6O8. The van der Waals surface area contributed by atoms with Crippen LogP contribution in [0.1, 0.15) is 119 Å². The van der Waals surface area contributed by atoms with Crippen molar-refractivity contribution in [3.63, 3.8) is 0 Å². The van der Waals surface area contributed by atoms with Crippen molar-refractivity contribution in [2.75, 3.05) is 36.8 Å². The molecule has 10 atom stereocenters. The van der Waals surface area contributed by atoms with Crippen LogP contribution in [0, 0.1) is 35.5 Å². The van der Waals surface area contributed by atoms with E-state index in [1.165, 1.54) is 11.1 Å². The summed E-state index contributed by atoms with van der Waals surface area (Å²) in [5.41, 5.74) is 18.7. The fourth-order valence-corrected chi connectivity index (χ4v) is 12.6. The smallest absolute Gasteiger partial charge is 0.253 e. The van der Waals surface area contributed by atoms with E-state index < -0.39 is 24.4 Å². The van der Waals surface area contributed by atoms with Crippen LogP contribution in [-0.4, -0.2) is 104 Å². The molecule has 10 N–H and O–H groups in total. The zero-order valence-electron chi connectivity index (χ0n) is 40.0. The third-order valence-corrected chi connectivity index (χ3v) is 16.7. The van der Waals surface area contributed by atoms with E-state index in [1.807, 2.05) is 21.9 Å². The number of aliphatic hydroxyl groups excluding tert-OH is 4. The fraction of sp³-hybridized carbons (Fsp3) is 0.500. The van der Waals surface area contributed by atoms with Gasteiger partial charge in [-0.2, -0.15) is 0 Å². The molecule has 4 bridgehead atoms. The third kappa shape index (κ3) is 10.7. The maximum atomic E-state index is 13.2. The molecule has 8 fully saturated rings. The molecule has 0 radical (unpaired) electrons. The van der Waals surface area contributed by atoms with Gasteiger partial charge in [-0.15, -0.1) is 0 Å². The van der Waals surface area contributed by atoms with Gasteiger partial charge in [0.05, 0.1) is 24.4 Å².